The fourth-order valence-electron chi connectivity index (χ4n) is 1.95. The fraction of sp³-hybridized carbons (Fsp3) is 0.0667. The Morgan fingerprint density at radius 2 is 1.91 bits per heavy atom. The Balaban J connectivity index is 1.41. The van der Waals surface area contributed by atoms with Crippen molar-refractivity contribution in [1.82, 2.24) is 20.4 Å². The van der Waals surface area contributed by atoms with Gasteiger partial charge in [0.1, 0.15) is 5.75 Å². The summed E-state index contributed by atoms with van der Waals surface area (Å²) in [4.78, 5) is 0.938. The van der Waals surface area contributed by atoms with Gasteiger partial charge < -0.3 is 13.6 Å². The lowest BCUT2D eigenvalue weighted by Crippen LogP contribution is -1.95. The van der Waals surface area contributed by atoms with Gasteiger partial charge in [0.15, 0.2) is 6.61 Å². The van der Waals surface area contributed by atoms with E-state index in [1.54, 1.807) is 11.3 Å². The molecule has 4 rings (SSSR count). The van der Waals surface area contributed by atoms with Crippen LogP contribution in [-0.4, -0.2) is 20.4 Å². The largest absolute Gasteiger partial charge is 0.484 e. The molecule has 0 unspecified atom stereocenters. The summed E-state index contributed by atoms with van der Waals surface area (Å²) in [6, 6.07) is 11.2. The van der Waals surface area contributed by atoms with Gasteiger partial charge in [-0.2, -0.15) is 0 Å². The van der Waals surface area contributed by atoms with Crippen molar-refractivity contribution in [2.45, 2.75) is 6.61 Å². The lowest BCUT2D eigenvalue weighted by Gasteiger charge is -2.03. The van der Waals surface area contributed by atoms with E-state index < -0.39 is 0 Å². The number of hydrogen-bond donors (Lipinski definition) is 0. The Morgan fingerprint density at radius 1 is 1.00 bits per heavy atom. The van der Waals surface area contributed by atoms with Gasteiger partial charge in [0.2, 0.25) is 12.3 Å². The maximum atomic E-state index is 5.64. The van der Waals surface area contributed by atoms with Gasteiger partial charge in [-0.25, -0.2) is 0 Å². The lowest BCUT2D eigenvalue weighted by molar-refractivity contribution is 0.264. The second-order valence-electron chi connectivity index (χ2n) is 4.54. The smallest absolute Gasteiger partial charge is 0.257 e. The first kappa shape index (κ1) is 13.6. The van der Waals surface area contributed by atoms with Crippen LogP contribution in [0.1, 0.15) is 5.89 Å². The molecule has 7 nitrogen and oxygen atoms in total. The summed E-state index contributed by atoms with van der Waals surface area (Å²) in [5.74, 6) is 2.08. The number of ether oxygens (including phenoxy) is 1. The molecule has 0 spiro atoms. The average molecular weight is 326 g/mol. The Kier molecular flexibility index (Phi) is 3.57. The minimum atomic E-state index is 0.207. The van der Waals surface area contributed by atoms with Crippen LogP contribution >= 0.6 is 11.3 Å². The number of nitrogens with zero attached hydrogens (tertiary/aromatic N) is 4. The zero-order valence-corrected chi connectivity index (χ0v) is 12.6. The molecule has 0 atom stereocenters. The Bertz CT molecular complexity index is 870. The van der Waals surface area contributed by atoms with Gasteiger partial charge in [-0.15, -0.1) is 31.7 Å². The van der Waals surface area contributed by atoms with Gasteiger partial charge in [-0.1, -0.05) is 6.07 Å². The summed E-state index contributed by atoms with van der Waals surface area (Å²) in [7, 11) is 0. The first-order chi connectivity index (χ1) is 11.4. The molecule has 0 radical (unpaired) electrons. The molecule has 0 aliphatic rings. The molecule has 0 amide bonds. The van der Waals surface area contributed by atoms with Crippen LogP contribution in [0.3, 0.4) is 0 Å². The first-order valence-corrected chi connectivity index (χ1v) is 7.62. The van der Waals surface area contributed by atoms with Crippen molar-refractivity contribution in [3.63, 3.8) is 0 Å². The van der Waals surface area contributed by atoms with E-state index in [0.717, 1.165) is 10.4 Å². The molecular formula is C15H10N4O3S. The van der Waals surface area contributed by atoms with Crippen molar-refractivity contribution >= 4 is 11.3 Å². The monoisotopic (exact) mass is 326 g/mol. The molecule has 114 valence electrons. The summed E-state index contributed by atoms with van der Waals surface area (Å²) in [5.41, 5.74) is 0.827. The SMILES string of the molecule is c1csc(-c2nnc(COc3ccc(-c4nnco4)cc3)o2)c1. The third-order valence-electron chi connectivity index (χ3n) is 3.02. The van der Waals surface area contributed by atoms with Crippen molar-refractivity contribution in [3.8, 4) is 28.0 Å². The number of hydrogen-bond acceptors (Lipinski definition) is 8. The predicted octanol–water partition coefficient (Wildman–Crippen LogP) is 3.43. The number of aromatic nitrogens is 4. The second kappa shape index (κ2) is 6.01. The molecular weight excluding hydrogens is 316 g/mol. The number of benzene rings is 1. The molecule has 0 fully saturated rings. The maximum absolute atomic E-state index is 5.64. The van der Waals surface area contributed by atoms with E-state index in [-0.39, 0.29) is 6.61 Å². The van der Waals surface area contributed by atoms with E-state index in [4.69, 9.17) is 13.6 Å². The van der Waals surface area contributed by atoms with E-state index in [1.165, 1.54) is 6.39 Å². The Morgan fingerprint density at radius 3 is 2.65 bits per heavy atom. The van der Waals surface area contributed by atoms with E-state index in [9.17, 15) is 0 Å². The Hall–Kier alpha value is -3.00. The standard InChI is InChI=1S/C15H10N4O3S/c1-2-12(23-7-1)15-19-17-13(22-15)8-20-11-5-3-10(4-6-11)14-18-16-9-21-14/h1-7,9H,8H2. The normalized spacial score (nSPS) is 10.8. The summed E-state index contributed by atoms with van der Waals surface area (Å²) < 4.78 is 16.3. The molecule has 3 heterocycles. The third kappa shape index (κ3) is 2.97. The van der Waals surface area contributed by atoms with E-state index in [0.29, 0.717) is 23.4 Å². The highest BCUT2D eigenvalue weighted by Gasteiger charge is 2.10. The second-order valence-corrected chi connectivity index (χ2v) is 5.48. The van der Waals surface area contributed by atoms with Crippen molar-refractivity contribution in [2.75, 3.05) is 0 Å². The molecule has 0 aliphatic heterocycles. The summed E-state index contributed by atoms with van der Waals surface area (Å²) in [6.07, 6.45) is 1.29. The molecule has 0 aliphatic carbocycles. The average Bonchev–Trinajstić information content (AvgIpc) is 3.35. The molecule has 3 aromatic heterocycles. The topological polar surface area (TPSA) is 87.1 Å². The van der Waals surface area contributed by atoms with Crippen LogP contribution < -0.4 is 4.74 Å². The summed E-state index contributed by atoms with van der Waals surface area (Å²) in [5, 5.41) is 17.4. The molecule has 0 bridgehead atoms. The zero-order valence-electron chi connectivity index (χ0n) is 11.7. The van der Waals surface area contributed by atoms with Gasteiger partial charge in [0.25, 0.3) is 11.8 Å². The molecule has 4 aromatic rings. The van der Waals surface area contributed by atoms with Crippen LogP contribution in [0.2, 0.25) is 0 Å². The summed E-state index contributed by atoms with van der Waals surface area (Å²) >= 11 is 1.55. The number of thiophene rings is 1. The molecule has 0 saturated carbocycles. The quantitative estimate of drug-likeness (QED) is 0.555. The van der Waals surface area contributed by atoms with Crippen LogP contribution in [0.5, 0.6) is 5.75 Å². The van der Waals surface area contributed by atoms with Crippen molar-refractivity contribution in [1.29, 1.82) is 0 Å². The third-order valence-corrected chi connectivity index (χ3v) is 3.88. The zero-order chi connectivity index (χ0) is 15.5. The lowest BCUT2D eigenvalue weighted by atomic mass is 10.2. The molecule has 1 aromatic carbocycles. The van der Waals surface area contributed by atoms with Crippen LogP contribution in [0.4, 0.5) is 0 Å². The Labute approximate surface area is 134 Å². The number of rotatable bonds is 5. The summed E-state index contributed by atoms with van der Waals surface area (Å²) in [6.45, 7) is 0.207. The van der Waals surface area contributed by atoms with E-state index in [2.05, 4.69) is 20.4 Å². The highest BCUT2D eigenvalue weighted by molar-refractivity contribution is 7.13. The first-order valence-electron chi connectivity index (χ1n) is 6.74. The van der Waals surface area contributed by atoms with E-state index >= 15 is 0 Å². The van der Waals surface area contributed by atoms with Gasteiger partial charge in [-0.05, 0) is 35.7 Å². The molecule has 23 heavy (non-hydrogen) atoms. The van der Waals surface area contributed by atoms with Crippen molar-refractivity contribution in [2.24, 2.45) is 0 Å². The molecule has 0 N–H and O–H groups in total. The highest BCUT2D eigenvalue weighted by atomic mass is 32.1. The van der Waals surface area contributed by atoms with Gasteiger partial charge in [0.05, 0.1) is 4.88 Å². The minimum Gasteiger partial charge on any atom is -0.484 e. The van der Waals surface area contributed by atoms with Gasteiger partial charge in [0, 0.05) is 5.56 Å². The van der Waals surface area contributed by atoms with Crippen LogP contribution in [0.25, 0.3) is 22.2 Å². The fourth-order valence-corrected chi connectivity index (χ4v) is 2.59. The van der Waals surface area contributed by atoms with Crippen molar-refractivity contribution < 1.29 is 13.6 Å². The van der Waals surface area contributed by atoms with Gasteiger partial charge in [-0.3, -0.25) is 0 Å². The minimum absolute atomic E-state index is 0.207. The van der Waals surface area contributed by atoms with Crippen LogP contribution in [0.15, 0.2) is 57.0 Å². The maximum Gasteiger partial charge on any atom is 0.257 e. The van der Waals surface area contributed by atoms with Crippen molar-refractivity contribution in [3.05, 3.63) is 54.1 Å². The predicted molar refractivity (Wildman–Crippen MR) is 81.7 cm³/mol. The van der Waals surface area contributed by atoms with E-state index in [1.807, 2.05) is 41.8 Å². The van der Waals surface area contributed by atoms with Crippen LogP contribution in [0, 0.1) is 0 Å². The highest BCUT2D eigenvalue weighted by Crippen LogP contribution is 2.24. The molecule has 8 heteroatoms. The van der Waals surface area contributed by atoms with Gasteiger partial charge >= 0.3 is 0 Å². The molecule has 0 saturated heterocycles. The van der Waals surface area contributed by atoms with Crippen LogP contribution in [-0.2, 0) is 6.61 Å².